The van der Waals surface area contributed by atoms with Gasteiger partial charge in [-0.05, 0) is 23.6 Å². The van der Waals surface area contributed by atoms with E-state index in [0.29, 0.717) is 0 Å². The third-order valence-corrected chi connectivity index (χ3v) is 5.31. The highest BCUT2D eigenvalue weighted by Gasteiger charge is 2.19. The highest BCUT2D eigenvalue weighted by atomic mass is 79.9. The molecule has 5 nitrogen and oxygen atoms in total. The lowest BCUT2D eigenvalue weighted by Gasteiger charge is -2.30. The summed E-state index contributed by atoms with van der Waals surface area (Å²) in [5, 5.41) is 0.730. The van der Waals surface area contributed by atoms with Crippen LogP contribution in [0.3, 0.4) is 0 Å². The number of aromatic nitrogens is 2. The minimum absolute atomic E-state index is 0.240. The molecule has 0 unspecified atom stereocenters. The molecule has 0 saturated carbocycles. The van der Waals surface area contributed by atoms with E-state index in [1.54, 1.807) is 12.4 Å². The Morgan fingerprint density at radius 1 is 1.43 bits per heavy atom. The van der Waals surface area contributed by atoms with Crippen molar-refractivity contribution in [2.24, 2.45) is 0 Å². The van der Waals surface area contributed by atoms with Gasteiger partial charge in [-0.15, -0.1) is 0 Å². The second-order valence-electron chi connectivity index (χ2n) is 5.13. The Labute approximate surface area is 147 Å². The number of hydrogen-bond donors (Lipinski definition) is 0. The van der Waals surface area contributed by atoms with Gasteiger partial charge >= 0.3 is 5.97 Å². The number of carbonyl (C=O) groups excluding carboxylic acids is 1. The molecule has 1 aliphatic rings. The van der Waals surface area contributed by atoms with E-state index in [1.165, 1.54) is 34.5 Å². The van der Waals surface area contributed by atoms with Crippen LogP contribution in [0.5, 0.6) is 0 Å². The fourth-order valence-corrected chi connectivity index (χ4v) is 3.79. The Morgan fingerprint density at radius 3 is 3.13 bits per heavy atom. The van der Waals surface area contributed by atoms with E-state index in [4.69, 9.17) is 0 Å². The Kier molecular flexibility index (Phi) is 5.17. The first-order valence-electron chi connectivity index (χ1n) is 7.20. The zero-order valence-electron chi connectivity index (χ0n) is 12.7. The molecule has 7 heteroatoms. The molecule has 0 bridgehead atoms. The van der Waals surface area contributed by atoms with Crippen LogP contribution in [0.2, 0.25) is 0 Å². The molecule has 0 N–H and O–H groups in total. The van der Waals surface area contributed by atoms with Gasteiger partial charge in [-0.25, -0.2) is 4.98 Å². The van der Waals surface area contributed by atoms with Gasteiger partial charge in [0.05, 0.1) is 25.3 Å². The number of fused-ring (bicyclic) bond motifs is 1. The van der Waals surface area contributed by atoms with E-state index in [-0.39, 0.29) is 11.7 Å². The second-order valence-corrected chi connectivity index (χ2v) is 6.98. The van der Waals surface area contributed by atoms with Gasteiger partial charge in [0.1, 0.15) is 10.8 Å². The van der Waals surface area contributed by atoms with Gasteiger partial charge in [-0.1, -0.05) is 39.8 Å². The van der Waals surface area contributed by atoms with Crippen LogP contribution in [0.25, 0.3) is 0 Å². The number of rotatable bonds is 4. The van der Waals surface area contributed by atoms with Gasteiger partial charge in [-0.2, -0.15) is 0 Å². The van der Waals surface area contributed by atoms with Crippen molar-refractivity contribution in [1.82, 2.24) is 9.97 Å². The van der Waals surface area contributed by atoms with Crippen molar-refractivity contribution < 1.29 is 9.53 Å². The fourth-order valence-electron chi connectivity index (χ4n) is 2.51. The highest BCUT2D eigenvalue weighted by molar-refractivity contribution is 9.10. The summed E-state index contributed by atoms with van der Waals surface area (Å²) in [6.07, 6.45) is 4.41. The van der Waals surface area contributed by atoms with Crippen molar-refractivity contribution in [3.05, 3.63) is 46.2 Å². The van der Waals surface area contributed by atoms with Crippen LogP contribution >= 0.6 is 27.7 Å². The maximum Gasteiger partial charge on any atom is 0.316 e. The van der Waals surface area contributed by atoms with Crippen molar-refractivity contribution >= 4 is 39.5 Å². The van der Waals surface area contributed by atoms with Crippen molar-refractivity contribution in [2.45, 2.75) is 18.0 Å². The maximum atomic E-state index is 11.2. The average Bonchev–Trinajstić information content (AvgIpc) is 2.60. The lowest BCUT2D eigenvalue weighted by Crippen LogP contribution is -2.31. The zero-order valence-corrected chi connectivity index (χ0v) is 15.1. The van der Waals surface area contributed by atoms with Crippen molar-refractivity contribution in [2.75, 3.05) is 24.3 Å². The number of methoxy groups -OCH3 is 1. The number of esters is 1. The molecular formula is C16H16BrN3O2S. The van der Waals surface area contributed by atoms with Gasteiger partial charge in [0.2, 0.25) is 0 Å². The third kappa shape index (κ3) is 3.84. The molecule has 0 radical (unpaired) electrons. The van der Waals surface area contributed by atoms with E-state index >= 15 is 0 Å². The zero-order chi connectivity index (χ0) is 16.2. The number of nitrogens with zero attached hydrogens (tertiary/aromatic N) is 3. The third-order valence-electron chi connectivity index (χ3n) is 3.70. The number of ether oxygens (including phenoxy) is 1. The van der Waals surface area contributed by atoms with Gasteiger partial charge in [0, 0.05) is 17.6 Å². The molecule has 0 aliphatic carbocycles. The molecule has 0 spiro atoms. The summed E-state index contributed by atoms with van der Waals surface area (Å²) in [4.78, 5) is 22.3. The van der Waals surface area contributed by atoms with Gasteiger partial charge in [-0.3, -0.25) is 9.78 Å². The van der Waals surface area contributed by atoms with E-state index < -0.39 is 0 Å². The predicted molar refractivity (Wildman–Crippen MR) is 93.7 cm³/mol. The summed E-state index contributed by atoms with van der Waals surface area (Å²) in [5.41, 5.74) is 2.67. The van der Waals surface area contributed by atoms with Crippen LogP contribution in [0.1, 0.15) is 11.1 Å². The number of benzene rings is 1. The van der Waals surface area contributed by atoms with Crippen molar-refractivity contribution in [3.8, 4) is 0 Å². The first kappa shape index (κ1) is 16.3. The average molecular weight is 394 g/mol. The summed E-state index contributed by atoms with van der Waals surface area (Å²) in [5.74, 6) is 0.814. The summed E-state index contributed by atoms with van der Waals surface area (Å²) in [6, 6.07) is 6.29. The predicted octanol–water partition coefficient (Wildman–Crippen LogP) is 3.07. The molecule has 2 heterocycles. The van der Waals surface area contributed by atoms with E-state index in [1.807, 2.05) is 0 Å². The van der Waals surface area contributed by atoms with Crippen LogP contribution in [0, 0.1) is 0 Å². The molecule has 0 fully saturated rings. The van der Waals surface area contributed by atoms with E-state index in [9.17, 15) is 4.79 Å². The molecule has 23 heavy (non-hydrogen) atoms. The van der Waals surface area contributed by atoms with Crippen molar-refractivity contribution in [1.29, 1.82) is 0 Å². The minimum atomic E-state index is -0.265. The lowest BCUT2D eigenvalue weighted by molar-refractivity contribution is -0.137. The molecule has 0 atom stereocenters. The molecule has 1 aromatic carbocycles. The molecular weight excluding hydrogens is 378 g/mol. The van der Waals surface area contributed by atoms with Gasteiger partial charge in [0.25, 0.3) is 0 Å². The topological polar surface area (TPSA) is 55.3 Å². The Morgan fingerprint density at radius 2 is 2.30 bits per heavy atom. The smallest absolute Gasteiger partial charge is 0.316 e. The van der Waals surface area contributed by atoms with Crippen molar-refractivity contribution in [3.63, 3.8) is 0 Å². The van der Waals surface area contributed by atoms with E-state index in [2.05, 4.69) is 53.7 Å². The molecule has 0 saturated heterocycles. The summed E-state index contributed by atoms with van der Waals surface area (Å²) in [7, 11) is 1.38. The Balaban J connectivity index is 1.74. The normalized spacial score (nSPS) is 13.6. The summed E-state index contributed by atoms with van der Waals surface area (Å²) < 4.78 is 5.82. The number of carbonyl (C=O) groups is 1. The lowest BCUT2D eigenvalue weighted by atomic mass is 10.00. The van der Waals surface area contributed by atoms with E-state index in [0.717, 1.165) is 30.4 Å². The van der Waals surface area contributed by atoms with Gasteiger partial charge in [0.15, 0.2) is 0 Å². The number of hydrogen-bond acceptors (Lipinski definition) is 6. The maximum absolute atomic E-state index is 11.2. The summed E-state index contributed by atoms with van der Waals surface area (Å²) in [6.45, 7) is 1.71. The largest absolute Gasteiger partial charge is 0.468 e. The molecule has 0 amide bonds. The standard InChI is InChI=1S/C16H16BrN3O2S/c1-22-16(21)10-23-15-8-18-7-14(19-15)20-6-5-12-11(9-20)3-2-4-13(12)17/h2-4,7-8H,5-6,9-10H2,1H3. The van der Waals surface area contributed by atoms with Crippen LogP contribution in [-0.4, -0.2) is 35.3 Å². The molecule has 3 rings (SSSR count). The SMILES string of the molecule is COC(=O)CSc1cncc(N2CCc3c(Br)cccc3C2)n1. The first-order valence-corrected chi connectivity index (χ1v) is 8.98. The summed E-state index contributed by atoms with van der Waals surface area (Å²) >= 11 is 4.95. The highest BCUT2D eigenvalue weighted by Crippen LogP contribution is 2.29. The minimum Gasteiger partial charge on any atom is -0.468 e. The fraction of sp³-hybridized carbons (Fsp3) is 0.312. The number of halogens is 1. The molecule has 2 aromatic rings. The number of thioether (sulfide) groups is 1. The quantitative estimate of drug-likeness (QED) is 0.587. The molecule has 1 aromatic heterocycles. The Bertz CT molecular complexity index is 726. The van der Waals surface area contributed by atoms with Crippen LogP contribution in [-0.2, 0) is 22.5 Å². The first-order chi connectivity index (χ1) is 11.2. The van der Waals surface area contributed by atoms with Gasteiger partial charge < -0.3 is 9.64 Å². The second kappa shape index (κ2) is 7.31. The molecule has 120 valence electrons. The monoisotopic (exact) mass is 393 g/mol. The number of anilines is 1. The van der Waals surface area contributed by atoms with Crippen LogP contribution in [0.15, 0.2) is 40.1 Å². The molecule has 1 aliphatic heterocycles. The van der Waals surface area contributed by atoms with Crippen LogP contribution in [0.4, 0.5) is 5.82 Å². The Hall–Kier alpha value is -1.60. The van der Waals surface area contributed by atoms with Crippen LogP contribution < -0.4 is 4.90 Å².